The molecular formula is C17H26N2O. The lowest BCUT2D eigenvalue weighted by Gasteiger charge is -2.06. The number of amides is 1. The summed E-state index contributed by atoms with van der Waals surface area (Å²) in [4.78, 5) is 12.7. The molecule has 0 atom stereocenters. The van der Waals surface area contributed by atoms with E-state index >= 15 is 0 Å². The van der Waals surface area contributed by atoms with E-state index in [1.807, 2.05) is 56.6 Å². The van der Waals surface area contributed by atoms with Crippen LogP contribution in [0.4, 0.5) is 0 Å². The fraction of sp³-hybridized carbons (Fsp3) is 0.353. The van der Waals surface area contributed by atoms with E-state index in [9.17, 15) is 4.79 Å². The minimum Gasteiger partial charge on any atom is -0.366 e. The van der Waals surface area contributed by atoms with Gasteiger partial charge in [-0.05, 0) is 46.0 Å². The van der Waals surface area contributed by atoms with Crippen LogP contribution in [0.2, 0.25) is 0 Å². The predicted molar refractivity (Wildman–Crippen MR) is 87.3 cm³/mol. The molecule has 1 aromatic rings. The Labute approximate surface area is 122 Å². The molecule has 0 spiro atoms. The first kappa shape index (κ1) is 18.1. The summed E-state index contributed by atoms with van der Waals surface area (Å²) in [6, 6.07) is 10.0. The Hall–Kier alpha value is -1.87. The SMILES string of the molecule is C=Cc1ccccc1.CC(=CCCCN(C)C)C(N)=O. The van der Waals surface area contributed by atoms with Crippen molar-refractivity contribution < 1.29 is 4.79 Å². The van der Waals surface area contributed by atoms with Gasteiger partial charge in [0.25, 0.3) is 0 Å². The Kier molecular flexibility index (Phi) is 9.97. The molecule has 0 aliphatic rings. The summed E-state index contributed by atoms with van der Waals surface area (Å²) in [6.07, 6.45) is 5.72. The number of hydrogen-bond donors (Lipinski definition) is 1. The highest BCUT2D eigenvalue weighted by atomic mass is 16.1. The van der Waals surface area contributed by atoms with Gasteiger partial charge in [0.15, 0.2) is 0 Å². The number of benzene rings is 1. The van der Waals surface area contributed by atoms with Gasteiger partial charge in [-0.2, -0.15) is 0 Å². The number of carbonyl (C=O) groups excluding carboxylic acids is 1. The van der Waals surface area contributed by atoms with Gasteiger partial charge in [0.1, 0.15) is 0 Å². The maximum absolute atomic E-state index is 10.6. The van der Waals surface area contributed by atoms with E-state index in [2.05, 4.69) is 11.5 Å². The maximum atomic E-state index is 10.6. The van der Waals surface area contributed by atoms with E-state index in [1.54, 1.807) is 6.92 Å². The molecular weight excluding hydrogens is 248 g/mol. The molecule has 0 radical (unpaired) electrons. The summed E-state index contributed by atoms with van der Waals surface area (Å²) in [5.41, 5.74) is 6.89. The van der Waals surface area contributed by atoms with Crippen molar-refractivity contribution in [2.24, 2.45) is 5.73 Å². The van der Waals surface area contributed by atoms with Crippen LogP contribution < -0.4 is 5.73 Å². The first-order valence-corrected chi connectivity index (χ1v) is 6.76. The summed E-state index contributed by atoms with van der Waals surface area (Å²) < 4.78 is 0. The van der Waals surface area contributed by atoms with Crippen LogP contribution in [-0.2, 0) is 4.79 Å². The molecule has 1 amide bonds. The molecule has 0 saturated carbocycles. The van der Waals surface area contributed by atoms with Crippen LogP contribution in [0, 0.1) is 0 Å². The van der Waals surface area contributed by atoms with Crippen LogP contribution in [0.3, 0.4) is 0 Å². The van der Waals surface area contributed by atoms with Gasteiger partial charge in [0.2, 0.25) is 5.91 Å². The molecule has 0 saturated heterocycles. The first-order valence-electron chi connectivity index (χ1n) is 6.76. The van der Waals surface area contributed by atoms with Crippen LogP contribution in [0.1, 0.15) is 25.3 Å². The first-order chi connectivity index (χ1) is 9.47. The fourth-order valence-electron chi connectivity index (χ4n) is 1.42. The molecule has 3 heteroatoms. The molecule has 3 nitrogen and oxygen atoms in total. The van der Waals surface area contributed by atoms with E-state index in [0.717, 1.165) is 19.4 Å². The molecule has 0 unspecified atom stereocenters. The van der Waals surface area contributed by atoms with Crippen molar-refractivity contribution in [3.8, 4) is 0 Å². The zero-order valence-electron chi connectivity index (χ0n) is 12.8. The molecule has 0 heterocycles. The van der Waals surface area contributed by atoms with E-state index < -0.39 is 0 Å². The third kappa shape index (κ3) is 10.1. The number of rotatable bonds is 6. The molecule has 0 aliphatic heterocycles. The second kappa shape index (κ2) is 11.0. The Morgan fingerprint density at radius 3 is 2.30 bits per heavy atom. The van der Waals surface area contributed by atoms with Gasteiger partial charge in [0, 0.05) is 5.57 Å². The fourth-order valence-corrected chi connectivity index (χ4v) is 1.42. The van der Waals surface area contributed by atoms with Crippen molar-refractivity contribution in [3.63, 3.8) is 0 Å². The molecule has 1 aromatic carbocycles. The van der Waals surface area contributed by atoms with Crippen molar-refractivity contribution in [2.45, 2.75) is 19.8 Å². The summed E-state index contributed by atoms with van der Waals surface area (Å²) >= 11 is 0. The van der Waals surface area contributed by atoms with Gasteiger partial charge in [-0.15, -0.1) is 0 Å². The standard InChI is InChI=1S/C9H18N2O.C8H8/c1-8(9(10)12)6-4-5-7-11(2)3;1-2-8-6-4-3-5-7-8/h6H,4-5,7H2,1-3H3,(H2,10,12);2-7H,1H2. The number of unbranched alkanes of at least 4 members (excludes halogenated alkanes) is 1. The quantitative estimate of drug-likeness (QED) is 0.640. The molecule has 110 valence electrons. The molecule has 0 aliphatic carbocycles. The van der Waals surface area contributed by atoms with E-state index in [-0.39, 0.29) is 5.91 Å². The second-order valence-electron chi connectivity index (χ2n) is 4.81. The Bertz CT molecular complexity index is 422. The number of hydrogen-bond acceptors (Lipinski definition) is 2. The van der Waals surface area contributed by atoms with Gasteiger partial charge >= 0.3 is 0 Å². The van der Waals surface area contributed by atoms with Crippen molar-refractivity contribution in [1.82, 2.24) is 4.90 Å². The second-order valence-corrected chi connectivity index (χ2v) is 4.81. The highest BCUT2D eigenvalue weighted by Crippen LogP contribution is 1.98. The highest BCUT2D eigenvalue weighted by Gasteiger charge is 1.95. The van der Waals surface area contributed by atoms with Crippen molar-refractivity contribution >= 4 is 12.0 Å². The number of carbonyl (C=O) groups is 1. The third-order valence-corrected chi connectivity index (χ3v) is 2.68. The van der Waals surface area contributed by atoms with E-state index in [4.69, 9.17) is 5.73 Å². The topological polar surface area (TPSA) is 46.3 Å². The lowest BCUT2D eigenvalue weighted by molar-refractivity contribution is -0.114. The predicted octanol–water partition coefficient (Wildman–Crippen LogP) is 3.09. The average molecular weight is 274 g/mol. The van der Waals surface area contributed by atoms with Crippen LogP contribution in [0.25, 0.3) is 6.08 Å². The normalized spacial score (nSPS) is 10.7. The molecule has 0 aromatic heterocycles. The molecule has 1 rings (SSSR count). The maximum Gasteiger partial charge on any atom is 0.244 e. The lowest BCUT2D eigenvalue weighted by Crippen LogP contribution is -2.13. The zero-order valence-corrected chi connectivity index (χ0v) is 12.8. The Morgan fingerprint density at radius 2 is 1.90 bits per heavy atom. The van der Waals surface area contributed by atoms with Crippen LogP contribution in [-0.4, -0.2) is 31.4 Å². The summed E-state index contributed by atoms with van der Waals surface area (Å²) in [6.45, 7) is 6.42. The van der Waals surface area contributed by atoms with Gasteiger partial charge in [-0.25, -0.2) is 0 Å². The Morgan fingerprint density at radius 1 is 1.30 bits per heavy atom. The number of nitrogens with zero attached hydrogens (tertiary/aromatic N) is 1. The van der Waals surface area contributed by atoms with Gasteiger partial charge < -0.3 is 10.6 Å². The van der Waals surface area contributed by atoms with E-state index in [1.165, 1.54) is 5.56 Å². The minimum atomic E-state index is -0.320. The van der Waals surface area contributed by atoms with Crippen LogP contribution in [0.15, 0.2) is 48.6 Å². The van der Waals surface area contributed by atoms with Gasteiger partial charge in [0.05, 0.1) is 0 Å². The van der Waals surface area contributed by atoms with Crippen LogP contribution in [0.5, 0.6) is 0 Å². The summed E-state index contributed by atoms with van der Waals surface area (Å²) in [7, 11) is 4.06. The third-order valence-electron chi connectivity index (χ3n) is 2.68. The zero-order chi connectivity index (χ0) is 15.4. The molecule has 20 heavy (non-hydrogen) atoms. The van der Waals surface area contributed by atoms with Gasteiger partial charge in [-0.3, -0.25) is 4.79 Å². The molecule has 2 N–H and O–H groups in total. The number of allylic oxidation sites excluding steroid dienone is 1. The van der Waals surface area contributed by atoms with Crippen LogP contribution >= 0.6 is 0 Å². The van der Waals surface area contributed by atoms with Gasteiger partial charge in [-0.1, -0.05) is 49.1 Å². The van der Waals surface area contributed by atoms with E-state index in [0.29, 0.717) is 5.57 Å². The molecule has 0 bridgehead atoms. The largest absolute Gasteiger partial charge is 0.366 e. The Balaban J connectivity index is 0.000000388. The number of nitrogens with two attached hydrogens (primary N) is 1. The monoisotopic (exact) mass is 274 g/mol. The number of primary amides is 1. The molecule has 0 fully saturated rings. The lowest BCUT2D eigenvalue weighted by atomic mass is 10.2. The summed E-state index contributed by atoms with van der Waals surface area (Å²) in [5.74, 6) is -0.320. The van der Waals surface area contributed by atoms with Crippen molar-refractivity contribution in [3.05, 3.63) is 54.1 Å². The van der Waals surface area contributed by atoms with Crippen molar-refractivity contribution in [2.75, 3.05) is 20.6 Å². The van der Waals surface area contributed by atoms with Crippen molar-refractivity contribution in [1.29, 1.82) is 0 Å². The average Bonchev–Trinajstić information content (AvgIpc) is 2.44. The summed E-state index contributed by atoms with van der Waals surface area (Å²) in [5, 5.41) is 0. The smallest absolute Gasteiger partial charge is 0.244 e. The highest BCUT2D eigenvalue weighted by molar-refractivity contribution is 5.91. The minimum absolute atomic E-state index is 0.320.